The molecule has 3 aromatic carbocycles. The number of benzene rings is 3. The van der Waals surface area contributed by atoms with E-state index in [4.69, 9.17) is 7.85 Å². The summed E-state index contributed by atoms with van der Waals surface area (Å²) in [5, 5.41) is 2.54. The minimum Gasteiger partial charge on any atom is -0.136 e. The molecule has 20 heavy (non-hydrogen) atoms. The summed E-state index contributed by atoms with van der Waals surface area (Å²) in [6, 6.07) is 23.3. The molecule has 4 aromatic rings. The van der Waals surface area contributed by atoms with Gasteiger partial charge in [-0.1, -0.05) is 66.1 Å². The largest absolute Gasteiger partial charge is 0.136 e. The molecule has 0 saturated heterocycles. The van der Waals surface area contributed by atoms with Gasteiger partial charge in [-0.2, -0.15) is 0 Å². The Hall–Kier alpha value is -2.06. The third-order valence-electron chi connectivity index (χ3n) is 3.64. The third-order valence-corrected chi connectivity index (χ3v) is 4.85. The quantitative estimate of drug-likeness (QED) is 0.446. The lowest BCUT2D eigenvalue weighted by Gasteiger charge is -2.01. The van der Waals surface area contributed by atoms with Crippen LogP contribution in [-0.2, 0) is 0 Å². The predicted octanol–water partition coefficient (Wildman–Crippen LogP) is 4.52. The van der Waals surface area contributed by atoms with Gasteiger partial charge in [-0.3, -0.25) is 0 Å². The average Bonchev–Trinajstić information content (AvgIpc) is 2.87. The Morgan fingerprint density at radius 3 is 2.40 bits per heavy atom. The molecule has 92 valence electrons. The van der Waals surface area contributed by atoms with Gasteiger partial charge in [-0.25, -0.2) is 0 Å². The van der Waals surface area contributed by atoms with Crippen LogP contribution in [-0.4, -0.2) is 7.85 Å². The summed E-state index contributed by atoms with van der Waals surface area (Å²) in [5.41, 5.74) is 3.37. The Bertz CT molecular complexity index is 907. The van der Waals surface area contributed by atoms with Crippen LogP contribution in [0.2, 0.25) is 0 Å². The predicted molar refractivity (Wildman–Crippen MR) is 90.2 cm³/mol. The maximum atomic E-state index is 6.08. The van der Waals surface area contributed by atoms with Crippen LogP contribution in [0, 0.1) is 0 Å². The lowest BCUT2D eigenvalue weighted by Crippen LogP contribution is -1.99. The lowest BCUT2D eigenvalue weighted by molar-refractivity contribution is 1.66. The molecule has 0 aliphatic heterocycles. The first kappa shape index (κ1) is 11.7. The van der Waals surface area contributed by atoms with Gasteiger partial charge >= 0.3 is 0 Å². The highest BCUT2D eigenvalue weighted by atomic mass is 32.1. The molecule has 0 spiro atoms. The van der Waals surface area contributed by atoms with Crippen molar-refractivity contribution in [2.24, 2.45) is 0 Å². The Kier molecular flexibility index (Phi) is 2.64. The lowest BCUT2D eigenvalue weighted by atomic mass is 9.94. The van der Waals surface area contributed by atoms with Gasteiger partial charge in [0.15, 0.2) is 0 Å². The van der Waals surface area contributed by atoms with Crippen molar-refractivity contribution in [2.75, 3.05) is 0 Å². The first-order valence-corrected chi connectivity index (χ1v) is 7.41. The molecule has 1 aromatic heterocycles. The van der Waals surface area contributed by atoms with Gasteiger partial charge in [0.2, 0.25) is 0 Å². The molecule has 0 aliphatic rings. The van der Waals surface area contributed by atoms with E-state index in [0.717, 1.165) is 5.46 Å². The van der Waals surface area contributed by atoms with Crippen molar-refractivity contribution in [3.05, 3.63) is 66.7 Å². The first-order chi connectivity index (χ1) is 9.83. The van der Waals surface area contributed by atoms with Crippen LogP contribution >= 0.6 is 11.3 Å². The van der Waals surface area contributed by atoms with E-state index in [1.54, 1.807) is 11.3 Å². The van der Waals surface area contributed by atoms with E-state index >= 15 is 0 Å². The molecule has 0 fully saturated rings. The summed E-state index contributed by atoms with van der Waals surface area (Å²) in [6.45, 7) is 0. The van der Waals surface area contributed by atoms with Gasteiger partial charge in [0.05, 0.1) is 0 Å². The van der Waals surface area contributed by atoms with E-state index in [2.05, 4.69) is 48.5 Å². The SMILES string of the molecule is [B]c1cccc2c1sc1cc(-c3ccccc3)ccc12. The van der Waals surface area contributed by atoms with E-state index in [9.17, 15) is 0 Å². The number of hydrogen-bond acceptors (Lipinski definition) is 1. The molecule has 0 bridgehead atoms. The van der Waals surface area contributed by atoms with Crippen molar-refractivity contribution in [2.45, 2.75) is 0 Å². The highest BCUT2D eigenvalue weighted by Crippen LogP contribution is 2.35. The van der Waals surface area contributed by atoms with Crippen LogP contribution in [0.15, 0.2) is 66.7 Å². The fraction of sp³-hybridized carbons (Fsp3) is 0. The standard InChI is InChI=1S/C18H11BS/c19-16-8-4-7-15-14-10-9-13(11-17(14)20-18(15)16)12-5-2-1-3-6-12/h1-11H. The van der Waals surface area contributed by atoms with Crippen LogP contribution in [0.25, 0.3) is 31.3 Å². The maximum absolute atomic E-state index is 6.08. The van der Waals surface area contributed by atoms with Gasteiger partial charge in [-0.05, 0) is 22.6 Å². The number of hydrogen-bond donors (Lipinski definition) is 0. The van der Waals surface area contributed by atoms with Crippen molar-refractivity contribution in [3.8, 4) is 11.1 Å². The Labute approximate surface area is 123 Å². The second kappa shape index (κ2) is 4.50. The zero-order valence-corrected chi connectivity index (χ0v) is 11.7. The van der Waals surface area contributed by atoms with Gasteiger partial charge in [0.25, 0.3) is 0 Å². The van der Waals surface area contributed by atoms with Crippen LogP contribution < -0.4 is 5.46 Å². The van der Waals surface area contributed by atoms with Crippen LogP contribution in [0.3, 0.4) is 0 Å². The molecule has 0 N–H and O–H groups in total. The smallest absolute Gasteiger partial charge is 0.115 e. The summed E-state index contributed by atoms with van der Waals surface area (Å²) in [5.74, 6) is 0. The van der Waals surface area contributed by atoms with Gasteiger partial charge < -0.3 is 0 Å². The second-order valence-electron chi connectivity index (χ2n) is 4.90. The van der Waals surface area contributed by atoms with Crippen LogP contribution in [0.5, 0.6) is 0 Å². The summed E-state index contributed by atoms with van der Waals surface area (Å²) in [7, 11) is 6.08. The molecule has 0 atom stereocenters. The summed E-state index contributed by atoms with van der Waals surface area (Å²) in [4.78, 5) is 0. The molecule has 0 aliphatic carbocycles. The molecular weight excluding hydrogens is 259 g/mol. The Morgan fingerprint density at radius 2 is 1.55 bits per heavy atom. The average molecular weight is 270 g/mol. The summed E-state index contributed by atoms with van der Waals surface area (Å²) < 4.78 is 2.48. The van der Waals surface area contributed by atoms with Crippen molar-refractivity contribution >= 4 is 44.8 Å². The van der Waals surface area contributed by atoms with Gasteiger partial charge in [-0.15, -0.1) is 11.3 Å². The Balaban J connectivity index is 2.01. The normalized spacial score (nSPS) is 11.2. The minimum absolute atomic E-state index is 0.866. The van der Waals surface area contributed by atoms with E-state index in [-0.39, 0.29) is 0 Å². The number of rotatable bonds is 1. The van der Waals surface area contributed by atoms with E-state index in [1.807, 2.05) is 18.2 Å². The van der Waals surface area contributed by atoms with Crippen molar-refractivity contribution in [1.82, 2.24) is 0 Å². The van der Waals surface area contributed by atoms with E-state index in [1.165, 1.54) is 31.3 Å². The topological polar surface area (TPSA) is 0 Å². The molecule has 0 nitrogen and oxygen atoms in total. The van der Waals surface area contributed by atoms with Crippen molar-refractivity contribution < 1.29 is 0 Å². The van der Waals surface area contributed by atoms with Crippen molar-refractivity contribution in [3.63, 3.8) is 0 Å². The molecule has 0 saturated carbocycles. The molecule has 2 radical (unpaired) electrons. The summed E-state index contributed by atoms with van der Waals surface area (Å²) in [6.07, 6.45) is 0. The van der Waals surface area contributed by atoms with E-state index in [0.29, 0.717) is 0 Å². The van der Waals surface area contributed by atoms with E-state index < -0.39 is 0 Å². The zero-order valence-electron chi connectivity index (χ0n) is 10.8. The Morgan fingerprint density at radius 1 is 0.700 bits per heavy atom. The summed E-state index contributed by atoms with van der Waals surface area (Å²) >= 11 is 1.77. The molecule has 1 heterocycles. The third kappa shape index (κ3) is 1.76. The molecule has 4 rings (SSSR count). The highest BCUT2D eigenvalue weighted by Gasteiger charge is 2.07. The van der Waals surface area contributed by atoms with Crippen molar-refractivity contribution in [1.29, 1.82) is 0 Å². The van der Waals surface area contributed by atoms with Gasteiger partial charge in [0, 0.05) is 14.8 Å². The molecule has 2 heteroatoms. The fourth-order valence-corrected chi connectivity index (χ4v) is 3.80. The molecular formula is C18H11BS. The molecule has 0 amide bonds. The maximum Gasteiger partial charge on any atom is 0.115 e. The fourth-order valence-electron chi connectivity index (χ4n) is 2.63. The monoisotopic (exact) mass is 270 g/mol. The second-order valence-corrected chi connectivity index (χ2v) is 5.96. The molecule has 0 unspecified atom stereocenters. The zero-order chi connectivity index (χ0) is 13.5. The van der Waals surface area contributed by atoms with Gasteiger partial charge in [0.1, 0.15) is 7.85 Å². The number of thiophene rings is 1. The minimum atomic E-state index is 0.866. The number of fused-ring (bicyclic) bond motifs is 3. The van der Waals surface area contributed by atoms with Crippen LogP contribution in [0.1, 0.15) is 0 Å². The highest BCUT2D eigenvalue weighted by molar-refractivity contribution is 7.26. The van der Waals surface area contributed by atoms with Crippen LogP contribution in [0.4, 0.5) is 0 Å². The first-order valence-electron chi connectivity index (χ1n) is 6.59.